The number of aryl methyl sites for hydroxylation is 1. The molecule has 0 aliphatic carbocycles. The molecule has 1 amide bonds. The van der Waals surface area contributed by atoms with E-state index in [1.165, 1.54) is 22.6 Å². The summed E-state index contributed by atoms with van der Waals surface area (Å²) in [6, 6.07) is 18.9. The highest BCUT2D eigenvalue weighted by atomic mass is 32.1. The van der Waals surface area contributed by atoms with Crippen molar-refractivity contribution >= 4 is 39.0 Å². The van der Waals surface area contributed by atoms with Gasteiger partial charge < -0.3 is 19.4 Å². The number of rotatable bonds is 6. The Morgan fingerprint density at radius 3 is 2.31 bits per heavy atom. The van der Waals surface area contributed by atoms with Crippen molar-refractivity contribution < 1.29 is 9.53 Å². The number of fused-ring (bicyclic) bond motifs is 1. The second-order valence-corrected chi connectivity index (χ2v) is 11.5. The average Bonchev–Trinajstić information content (AvgIpc) is 3.34. The first-order valence-electron chi connectivity index (χ1n) is 13.8. The molecule has 0 spiro atoms. The van der Waals surface area contributed by atoms with Crippen LogP contribution in [0.1, 0.15) is 33.6 Å². The first-order valence-corrected chi connectivity index (χ1v) is 14.6. The van der Waals surface area contributed by atoms with Gasteiger partial charge in [-0.3, -0.25) is 4.79 Å². The van der Waals surface area contributed by atoms with Crippen LogP contribution in [0.5, 0.6) is 5.75 Å². The summed E-state index contributed by atoms with van der Waals surface area (Å²) in [4.78, 5) is 31.4. The van der Waals surface area contributed by atoms with Crippen LogP contribution in [0.2, 0.25) is 0 Å². The van der Waals surface area contributed by atoms with Crippen LogP contribution in [-0.4, -0.2) is 67.2 Å². The molecule has 39 heavy (non-hydrogen) atoms. The monoisotopic (exact) mass is 541 g/mol. The maximum absolute atomic E-state index is 13.6. The number of ether oxygens (including phenoxy) is 1. The summed E-state index contributed by atoms with van der Waals surface area (Å²) >= 11 is 1.52. The van der Waals surface area contributed by atoms with Crippen molar-refractivity contribution in [3.63, 3.8) is 0 Å². The number of carbonyl (C=O) groups is 1. The number of piperidine rings is 1. The molecule has 2 aromatic carbocycles. The molecule has 0 radical (unpaired) electrons. The highest BCUT2D eigenvalue weighted by Crippen LogP contribution is 2.37. The van der Waals surface area contributed by atoms with Crippen LogP contribution in [0.4, 0.5) is 11.5 Å². The van der Waals surface area contributed by atoms with E-state index in [-0.39, 0.29) is 5.91 Å². The number of amides is 1. The van der Waals surface area contributed by atoms with E-state index in [2.05, 4.69) is 64.2 Å². The molecule has 0 N–H and O–H groups in total. The third-order valence-electron chi connectivity index (χ3n) is 8.19. The van der Waals surface area contributed by atoms with E-state index in [0.29, 0.717) is 5.92 Å². The van der Waals surface area contributed by atoms with Gasteiger partial charge in [-0.15, -0.1) is 11.3 Å². The van der Waals surface area contributed by atoms with Crippen LogP contribution in [-0.2, 0) is 6.42 Å². The first kappa shape index (κ1) is 25.6. The number of piperazine rings is 1. The molecule has 2 aromatic heterocycles. The van der Waals surface area contributed by atoms with E-state index in [9.17, 15) is 4.79 Å². The zero-order valence-corrected chi connectivity index (χ0v) is 23.5. The number of hydrogen-bond acceptors (Lipinski definition) is 7. The Bertz CT molecular complexity index is 1420. The maximum Gasteiger partial charge on any atom is 0.264 e. The van der Waals surface area contributed by atoms with Crippen LogP contribution in [0.3, 0.4) is 0 Å². The number of carbonyl (C=O) groups excluding carboxylic acids is 1. The van der Waals surface area contributed by atoms with Gasteiger partial charge in [0, 0.05) is 45.0 Å². The van der Waals surface area contributed by atoms with Gasteiger partial charge in [0.2, 0.25) is 0 Å². The lowest BCUT2D eigenvalue weighted by Crippen LogP contribution is -2.46. The lowest BCUT2D eigenvalue weighted by atomic mass is 9.90. The molecule has 0 atom stereocenters. The number of hydrogen-bond donors (Lipinski definition) is 0. The number of thiophene rings is 1. The Kier molecular flexibility index (Phi) is 7.37. The van der Waals surface area contributed by atoms with Crippen LogP contribution < -0.4 is 14.5 Å². The minimum absolute atomic E-state index is 0.143. The molecular formula is C31H35N5O2S. The molecule has 4 heterocycles. The third-order valence-corrected chi connectivity index (χ3v) is 9.37. The van der Waals surface area contributed by atoms with Gasteiger partial charge in [-0.25, -0.2) is 9.97 Å². The number of likely N-dealkylation sites (tertiary alicyclic amines) is 1. The number of benzene rings is 2. The number of aromatic nitrogens is 2. The Morgan fingerprint density at radius 1 is 0.923 bits per heavy atom. The number of anilines is 2. The molecule has 0 unspecified atom stereocenters. The molecule has 7 nitrogen and oxygen atoms in total. The lowest BCUT2D eigenvalue weighted by Gasteiger charge is -2.37. The quantitative estimate of drug-likeness (QED) is 0.324. The molecule has 8 heteroatoms. The standard InChI is InChI=1S/C31H35N5O2S/c1-22-27-29(35-18-16-34(17-19-35)25-8-10-26(38-2)11-9-25)32-21-33-30(27)39-28(22)31(37)36-14-12-24(13-15-36)20-23-6-4-3-5-7-23/h3-11,21,24H,12-20H2,1-2H3. The highest BCUT2D eigenvalue weighted by Gasteiger charge is 2.29. The molecule has 0 bridgehead atoms. The minimum Gasteiger partial charge on any atom is -0.497 e. The lowest BCUT2D eigenvalue weighted by molar-refractivity contribution is 0.0695. The summed E-state index contributed by atoms with van der Waals surface area (Å²) in [6.07, 6.45) is 4.84. The van der Waals surface area contributed by atoms with Gasteiger partial charge in [0.25, 0.3) is 5.91 Å². The van der Waals surface area contributed by atoms with E-state index >= 15 is 0 Å². The molecule has 2 aliphatic heterocycles. The molecule has 2 saturated heterocycles. The Hall–Kier alpha value is -3.65. The zero-order valence-electron chi connectivity index (χ0n) is 22.7. The van der Waals surface area contributed by atoms with Crippen molar-refractivity contribution in [1.29, 1.82) is 0 Å². The van der Waals surface area contributed by atoms with Crippen molar-refractivity contribution in [3.05, 3.63) is 76.9 Å². The molecule has 0 saturated carbocycles. The van der Waals surface area contributed by atoms with Gasteiger partial charge in [-0.1, -0.05) is 30.3 Å². The summed E-state index contributed by atoms with van der Waals surface area (Å²) in [5, 5.41) is 1.03. The summed E-state index contributed by atoms with van der Waals surface area (Å²) in [5.41, 5.74) is 3.61. The van der Waals surface area contributed by atoms with Crippen molar-refractivity contribution in [2.45, 2.75) is 26.2 Å². The summed E-state index contributed by atoms with van der Waals surface area (Å²) in [6.45, 7) is 7.24. The fraction of sp³-hybridized carbons (Fsp3) is 0.387. The van der Waals surface area contributed by atoms with Crippen molar-refractivity contribution in [3.8, 4) is 5.75 Å². The Balaban J connectivity index is 1.13. The van der Waals surface area contributed by atoms with Crippen LogP contribution in [0, 0.1) is 12.8 Å². The summed E-state index contributed by atoms with van der Waals surface area (Å²) < 4.78 is 5.30. The van der Waals surface area contributed by atoms with Gasteiger partial charge in [-0.05, 0) is 67.5 Å². The van der Waals surface area contributed by atoms with E-state index in [1.807, 2.05) is 17.0 Å². The topological polar surface area (TPSA) is 61.8 Å². The van der Waals surface area contributed by atoms with Crippen molar-refractivity contribution in [1.82, 2.24) is 14.9 Å². The van der Waals surface area contributed by atoms with Gasteiger partial charge in [-0.2, -0.15) is 0 Å². The fourth-order valence-corrected chi connectivity index (χ4v) is 7.01. The zero-order chi connectivity index (χ0) is 26.8. The first-order chi connectivity index (χ1) is 19.1. The minimum atomic E-state index is 0.143. The SMILES string of the molecule is COc1ccc(N2CCN(c3ncnc4sc(C(=O)N5CCC(Cc6ccccc6)CC5)c(C)c34)CC2)cc1. The molecule has 2 fully saturated rings. The van der Waals surface area contributed by atoms with Gasteiger partial charge in [0.1, 0.15) is 22.7 Å². The highest BCUT2D eigenvalue weighted by molar-refractivity contribution is 7.20. The van der Waals surface area contributed by atoms with E-state index in [4.69, 9.17) is 9.72 Å². The molecule has 2 aliphatic rings. The normalized spacial score (nSPS) is 16.6. The average molecular weight is 542 g/mol. The largest absolute Gasteiger partial charge is 0.497 e. The van der Waals surface area contributed by atoms with Crippen LogP contribution in [0.25, 0.3) is 10.2 Å². The molecule has 4 aromatic rings. The van der Waals surface area contributed by atoms with E-state index < -0.39 is 0 Å². The molecule has 6 rings (SSSR count). The van der Waals surface area contributed by atoms with Crippen molar-refractivity contribution in [2.75, 3.05) is 56.2 Å². The third kappa shape index (κ3) is 5.30. The number of methoxy groups -OCH3 is 1. The van der Waals surface area contributed by atoms with E-state index in [0.717, 1.165) is 90.8 Å². The van der Waals surface area contributed by atoms with E-state index in [1.54, 1.807) is 13.4 Å². The van der Waals surface area contributed by atoms with Crippen LogP contribution in [0.15, 0.2) is 60.9 Å². The van der Waals surface area contributed by atoms with Crippen LogP contribution >= 0.6 is 11.3 Å². The Morgan fingerprint density at radius 2 is 1.62 bits per heavy atom. The second-order valence-electron chi connectivity index (χ2n) is 10.5. The predicted octanol–water partition coefficient (Wildman–Crippen LogP) is 5.43. The van der Waals surface area contributed by atoms with Gasteiger partial charge in [0.15, 0.2) is 0 Å². The van der Waals surface area contributed by atoms with Gasteiger partial charge >= 0.3 is 0 Å². The van der Waals surface area contributed by atoms with Gasteiger partial charge in [0.05, 0.1) is 17.4 Å². The molecule has 202 valence electrons. The fourth-order valence-electron chi connectivity index (χ4n) is 5.90. The number of nitrogens with zero attached hydrogens (tertiary/aromatic N) is 5. The maximum atomic E-state index is 13.6. The molecular weight excluding hydrogens is 506 g/mol. The summed E-state index contributed by atoms with van der Waals surface area (Å²) in [7, 11) is 1.69. The predicted molar refractivity (Wildman–Crippen MR) is 158 cm³/mol. The van der Waals surface area contributed by atoms with Crippen molar-refractivity contribution in [2.24, 2.45) is 5.92 Å². The Labute approximate surface area is 234 Å². The smallest absolute Gasteiger partial charge is 0.264 e. The summed E-state index contributed by atoms with van der Waals surface area (Å²) in [5.74, 6) is 2.59. The second kappa shape index (κ2) is 11.2.